The van der Waals surface area contributed by atoms with Crippen LogP contribution in [0, 0.1) is 11.3 Å². The van der Waals surface area contributed by atoms with Gasteiger partial charge < -0.3 is 9.30 Å². The van der Waals surface area contributed by atoms with E-state index in [1.54, 1.807) is 6.07 Å². The van der Waals surface area contributed by atoms with E-state index in [0.717, 1.165) is 4.57 Å². The zero-order valence-corrected chi connectivity index (χ0v) is 14.4. The molecule has 0 fully saturated rings. The molecule has 2 aromatic rings. The van der Waals surface area contributed by atoms with E-state index in [4.69, 9.17) is 27.9 Å². The summed E-state index contributed by atoms with van der Waals surface area (Å²) in [6, 6.07) is 7.63. The maximum Gasteiger partial charge on any atom is 0.432 e. The molecule has 0 saturated heterocycles. The van der Waals surface area contributed by atoms with Crippen LogP contribution < -0.4 is 0 Å². The number of alkyl halides is 4. The summed E-state index contributed by atoms with van der Waals surface area (Å²) >= 11 is 14.1. The van der Waals surface area contributed by atoms with Crippen molar-refractivity contribution < 1.29 is 17.9 Å². The lowest BCUT2D eigenvalue weighted by molar-refractivity contribution is -0.146. The Morgan fingerprint density at radius 2 is 1.87 bits per heavy atom. The largest absolute Gasteiger partial charge is 0.432 e. The Morgan fingerprint density at radius 1 is 1.26 bits per heavy atom. The van der Waals surface area contributed by atoms with Crippen molar-refractivity contribution in [2.24, 2.45) is 0 Å². The Labute approximate surface area is 148 Å². The van der Waals surface area contributed by atoms with Gasteiger partial charge in [-0.3, -0.25) is 0 Å². The van der Waals surface area contributed by atoms with E-state index in [-0.39, 0.29) is 21.8 Å². The summed E-state index contributed by atoms with van der Waals surface area (Å²) in [7, 11) is 0. The standard InChI is InChI=1S/C14H8BrCl2F3N2O/c15-11-10(5-21)12(8-1-3-9(17)4-2-8)22(7-23-6-16)13(11)14(18,19)20/h1-4H,6-7H2. The van der Waals surface area contributed by atoms with Gasteiger partial charge in [0, 0.05) is 5.02 Å². The average molecular weight is 428 g/mol. The van der Waals surface area contributed by atoms with Crippen LogP contribution in [0.15, 0.2) is 28.7 Å². The van der Waals surface area contributed by atoms with Gasteiger partial charge in [-0.1, -0.05) is 35.3 Å². The van der Waals surface area contributed by atoms with Crippen molar-refractivity contribution in [2.75, 3.05) is 6.07 Å². The van der Waals surface area contributed by atoms with Crippen molar-refractivity contribution in [1.82, 2.24) is 4.57 Å². The van der Waals surface area contributed by atoms with Crippen molar-refractivity contribution in [3.8, 4) is 17.3 Å². The number of benzene rings is 1. The van der Waals surface area contributed by atoms with Crippen LogP contribution in [0.3, 0.4) is 0 Å². The van der Waals surface area contributed by atoms with Gasteiger partial charge in [0.25, 0.3) is 0 Å². The average Bonchev–Trinajstić information content (AvgIpc) is 2.77. The molecule has 23 heavy (non-hydrogen) atoms. The third kappa shape index (κ3) is 3.66. The molecule has 1 heterocycles. The summed E-state index contributed by atoms with van der Waals surface area (Å²) in [5.41, 5.74) is -0.671. The molecule has 0 radical (unpaired) electrons. The second-order valence-electron chi connectivity index (χ2n) is 4.37. The molecular weight excluding hydrogens is 420 g/mol. The molecule has 0 unspecified atom stereocenters. The summed E-state index contributed by atoms with van der Waals surface area (Å²) in [4.78, 5) is 0. The van der Waals surface area contributed by atoms with Crippen molar-refractivity contribution in [2.45, 2.75) is 12.9 Å². The molecule has 0 aliphatic rings. The molecule has 0 N–H and O–H groups in total. The molecule has 3 nitrogen and oxygen atoms in total. The highest BCUT2D eigenvalue weighted by atomic mass is 79.9. The van der Waals surface area contributed by atoms with Crippen molar-refractivity contribution in [3.63, 3.8) is 0 Å². The predicted molar refractivity (Wildman–Crippen MR) is 84.1 cm³/mol. The first kappa shape index (κ1) is 18.1. The topological polar surface area (TPSA) is 38.0 Å². The van der Waals surface area contributed by atoms with Crippen LogP contribution in [-0.2, 0) is 17.6 Å². The molecule has 9 heteroatoms. The number of hydrogen-bond acceptors (Lipinski definition) is 2. The normalized spacial score (nSPS) is 11.5. The van der Waals surface area contributed by atoms with Crippen molar-refractivity contribution in [1.29, 1.82) is 5.26 Å². The first-order valence-electron chi connectivity index (χ1n) is 6.10. The molecule has 0 spiro atoms. The van der Waals surface area contributed by atoms with Gasteiger partial charge in [0.2, 0.25) is 0 Å². The fraction of sp³-hybridized carbons (Fsp3) is 0.214. The van der Waals surface area contributed by atoms with Crippen LogP contribution in [0.4, 0.5) is 13.2 Å². The molecule has 0 saturated carbocycles. The first-order chi connectivity index (χ1) is 10.8. The Kier molecular flexibility index (Phi) is 5.63. The third-order valence-electron chi connectivity index (χ3n) is 3.00. The molecule has 0 bridgehead atoms. The summed E-state index contributed by atoms with van der Waals surface area (Å²) in [6.45, 7) is -0.448. The fourth-order valence-corrected chi connectivity index (χ4v) is 3.04. The van der Waals surface area contributed by atoms with Crippen LogP contribution in [-0.4, -0.2) is 10.6 Å². The summed E-state index contributed by atoms with van der Waals surface area (Å²) in [5, 5.41) is 9.72. The highest BCUT2D eigenvalue weighted by Crippen LogP contribution is 2.43. The highest BCUT2D eigenvalue weighted by Gasteiger charge is 2.40. The van der Waals surface area contributed by atoms with Crippen LogP contribution in [0.5, 0.6) is 0 Å². The molecule has 1 aromatic heterocycles. The Morgan fingerprint density at radius 3 is 2.35 bits per heavy atom. The summed E-state index contributed by atoms with van der Waals surface area (Å²) < 4.78 is 45.6. The molecular formula is C14H8BrCl2F3N2O. The number of nitrogens with zero attached hydrogens (tertiary/aromatic N) is 2. The smallest absolute Gasteiger partial charge is 0.345 e. The van der Waals surface area contributed by atoms with Gasteiger partial charge in [-0.25, -0.2) is 0 Å². The van der Waals surface area contributed by atoms with Crippen LogP contribution >= 0.6 is 39.1 Å². The number of nitriles is 1. The van der Waals surface area contributed by atoms with Gasteiger partial charge in [0.05, 0.1) is 15.7 Å². The number of ether oxygens (including phenoxy) is 1. The predicted octanol–water partition coefficient (Wildman–Crippen LogP) is 5.63. The van der Waals surface area contributed by atoms with Gasteiger partial charge in [0.1, 0.15) is 24.6 Å². The summed E-state index contributed by atoms with van der Waals surface area (Å²) in [6.07, 6.45) is -4.68. The molecule has 0 aliphatic carbocycles. The second kappa shape index (κ2) is 7.14. The van der Waals surface area contributed by atoms with Gasteiger partial charge >= 0.3 is 6.18 Å². The molecule has 122 valence electrons. The van der Waals surface area contributed by atoms with Crippen molar-refractivity contribution in [3.05, 3.63) is 45.0 Å². The quantitative estimate of drug-likeness (QED) is 0.593. The van der Waals surface area contributed by atoms with E-state index in [9.17, 15) is 18.4 Å². The maximum absolute atomic E-state index is 13.4. The summed E-state index contributed by atoms with van der Waals surface area (Å²) in [5.74, 6) is 0. The SMILES string of the molecule is N#Cc1c(Br)c(C(F)(F)F)n(COCCl)c1-c1ccc(Cl)cc1. The molecule has 0 atom stereocenters. The number of rotatable bonds is 4. The second-order valence-corrected chi connectivity index (χ2v) is 5.82. The zero-order chi connectivity index (χ0) is 17.2. The van der Waals surface area contributed by atoms with Gasteiger partial charge in [0.15, 0.2) is 0 Å². The van der Waals surface area contributed by atoms with Gasteiger partial charge in [-0.2, -0.15) is 18.4 Å². The van der Waals surface area contributed by atoms with Gasteiger partial charge in [-0.05, 0) is 33.6 Å². The van der Waals surface area contributed by atoms with Crippen LogP contribution in [0.2, 0.25) is 5.02 Å². The monoisotopic (exact) mass is 426 g/mol. The van der Waals surface area contributed by atoms with E-state index in [1.165, 1.54) is 24.3 Å². The maximum atomic E-state index is 13.4. The van der Waals surface area contributed by atoms with Crippen LogP contribution in [0.1, 0.15) is 11.3 Å². The molecule has 2 rings (SSSR count). The molecule has 0 amide bonds. The Hall–Kier alpha value is -1.20. The fourth-order valence-electron chi connectivity index (χ4n) is 2.13. The molecule has 1 aromatic carbocycles. The van der Waals surface area contributed by atoms with Crippen LogP contribution in [0.25, 0.3) is 11.3 Å². The minimum Gasteiger partial charge on any atom is -0.345 e. The lowest BCUT2D eigenvalue weighted by Crippen LogP contribution is -2.16. The number of halogens is 6. The van der Waals surface area contributed by atoms with Crippen molar-refractivity contribution >= 4 is 39.1 Å². The van der Waals surface area contributed by atoms with E-state index >= 15 is 0 Å². The molecule has 0 aliphatic heterocycles. The zero-order valence-electron chi connectivity index (χ0n) is 11.3. The Bertz CT molecular complexity index is 751. The van der Waals surface area contributed by atoms with E-state index in [2.05, 4.69) is 15.9 Å². The third-order valence-corrected chi connectivity index (χ3v) is 4.18. The lowest BCUT2D eigenvalue weighted by atomic mass is 10.1. The Balaban J connectivity index is 2.77. The number of aromatic nitrogens is 1. The minimum atomic E-state index is -4.68. The number of hydrogen-bond donors (Lipinski definition) is 0. The van der Waals surface area contributed by atoms with E-state index in [0.29, 0.717) is 10.6 Å². The first-order valence-corrected chi connectivity index (χ1v) is 7.80. The highest BCUT2D eigenvalue weighted by molar-refractivity contribution is 9.10. The van der Waals surface area contributed by atoms with E-state index < -0.39 is 18.6 Å². The lowest BCUT2D eigenvalue weighted by Gasteiger charge is -2.15. The van der Waals surface area contributed by atoms with E-state index in [1.807, 2.05) is 0 Å². The van der Waals surface area contributed by atoms with Gasteiger partial charge in [-0.15, -0.1) is 0 Å². The minimum absolute atomic E-state index is 0.0773.